The Kier molecular flexibility index (Phi) is 2.37. The van der Waals surface area contributed by atoms with E-state index >= 15 is 0 Å². The summed E-state index contributed by atoms with van der Waals surface area (Å²) in [4.78, 5) is 3.89. The number of alkyl halides is 2. The molecule has 0 saturated carbocycles. The lowest BCUT2D eigenvalue weighted by Crippen LogP contribution is -2.32. The zero-order valence-corrected chi connectivity index (χ0v) is 8.98. The van der Waals surface area contributed by atoms with Crippen LogP contribution >= 0.6 is 0 Å². The second kappa shape index (κ2) is 3.91. The molecule has 2 heterocycles. The molecule has 1 aliphatic rings. The number of hydrogen-bond acceptors (Lipinski definition) is 5. The number of ether oxygens (including phenoxy) is 2. The van der Waals surface area contributed by atoms with Crippen LogP contribution in [0.2, 0.25) is 0 Å². The molecule has 1 aliphatic heterocycles. The second-order valence-corrected chi connectivity index (χ2v) is 3.64. The van der Waals surface area contributed by atoms with Crippen molar-refractivity contribution in [2.45, 2.75) is 12.9 Å². The molecule has 2 N–H and O–H groups in total. The van der Waals surface area contributed by atoms with E-state index in [1.165, 1.54) is 12.4 Å². The van der Waals surface area contributed by atoms with Crippen LogP contribution in [0.4, 0.5) is 20.4 Å². The van der Waals surface area contributed by atoms with Gasteiger partial charge >= 0.3 is 6.29 Å². The number of aromatic nitrogens is 3. The van der Waals surface area contributed by atoms with Gasteiger partial charge in [-0.3, -0.25) is 4.74 Å². The van der Waals surface area contributed by atoms with Crippen LogP contribution in [0.5, 0.6) is 5.75 Å². The van der Waals surface area contributed by atoms with E-state index in [0.29, 0.717) is 17.2 Å². The number of anilines is 2. The van der Waals surface area contributed by atoms with Crippen LogP contribution in [0.3, 0.4) is 0 Å². The number of benzene rings is 1. The van der Waals surface area contributed by atoms with Crippen molar-refractivity contribution in [1.29, 1.82) is 0 Å². The molecule has 6 nitrogen and oxygen atoms in total. The molecular formula is C10H8F2N4O2. The number of aromatic amines is 1. The van der Waals surface area contributed by atoms with Gasteiger partial charge < -0.3 is 10.1 Å². The number of rotatable bonds is 2. The minimum atomic E-state index is -3.56. The smallest absolute Gasteiger partial charge is 0.409 e. The average Bonchev–Trinajstić information content (AvgIpc) is 2.81. The fraction of sp³-hybridized carbons (Fsp3) is 0.200. The number of hydrogen-bond donors (Lipinski definition) is 2. The quantitative estimate of drug-likeness (QED) is 0.857. The molecule has 1 aromatic heterocycles. The number of halogens is 2. The summed E-state index contributed by atoms with van der Waals surface area (Å²) in [6.45, 7) is -0.214. The maximum absolute atomic E-state index is 12.8. The molecule has 2 aromatic rings. The lowest BCUT2D eigenvalue weighted by Gasteiger charge is -2.24. The highest BCUT2D eigenvalue weighted by Gasteiger charge is 2.38. The third-order valence-electron chi connectivity index (χ3n) is 2.36. The summed E-state index contributed by atoms with van der Waals surface area (Å²) in [5, 5.41) is 9.23. The Morgan fingerprint density at radius 2 is 2.28 bits per heavy atom. The minimum Gasteiger partial charge on any atom is -0.409 e. The van der Waals surface area contributed by atoms with Crippen molar-refractivity contribution >= 4 is 11.6 Å². The van der Waals surface area contributed by atoms with E-state index in [2.05, 4.69) is 30.0 Å². The molecule has 3 rings (SSSR count). The van der Waals surface area contributed by atoms with Gasteiger partial charge in [-0.2, -0.15) is 10.1 Å². The first-order valence-corrected chi connectivity index (χ1v) is 5.08. The topological polar surface area (TPSA) is 72.1 Å². The van der Waals surface area contributed by atoms with E-state index < -0.39 is 6.29 Å². The van der Waals surface area contributed by atoms with Crippen LogP contribution in [-0.2, 0) is 11.3 Å². The minimum absolute atomic E-state index is 0.106. The standard InChI is InChI=1S/C10H8F2N4O2/c11-10(12)17-4-6-3-7(1-2-8(6)18-10)15-9-13-5-14-16-9/h1-3,5H,4H2,(H2,13,14,15,16). The van der Waals surface area contributed by atoms with E-state index in [1.54, 1.807) is 12.1 Å². The van der Waals surface area contributed by atoms with Gasteiger partial charge in [-0.15, -0.1) is 8.78 Å². The summed E-state index contributed by atoms with van der Waals surface area (Å²) in [6.07, 6.45) is -2.21. The van der Waals surface area contributed by atoms with Gasteiger partial charge in [0.2, 0.25) is 5.95 Å². The van der Waals surface area contributed by atoms with Crippen LogP contribution in [-0.4, -0.2) is 21.5 Å². The van der Waals surface area contributed by atoms with Crippen LogP contribution in [0.25, 0.3) is 0 Å². The average molecular weight is 254 g/mol. The summed E-state index contributed by atoms with van der Waals surface area (Å²) in [6, 6.07) is 4.69. The Morgan fingerprint density at radius 3 is 3.06 bits per heavy atom. The molecule has 94 valence electrons. The monoisotopic (exact) mass is 254 g/mol. The molecule has 0 fully saturated rings. The van der Waals surface area contributed by atoms with Crippen molar-refractivity contribution in [2.24, 2.45) is 0 Å². The van der Waals surface area contributed by atoms with Crippen molar-refractivity contribution in [3.05, 3.63) is 30.1 Å². The van der Waals surface area contributed by atoms with Gasteiger partial charge in [-0.25, -0.2) is 5.10 Å². The molecule has 8 heteroatoms. The number of nitrogens with one attached hydrogen (secondary N) is 2. The normalized spacial score (nSPS) is 16.8. The molecule has 0 aliphatic carbocycles. The number of nitrogens with zero attached hydrogens (tertiary/aromatic N) is 2. The van der Waals surface area contributed by atoms with Crippen LogP contribution in [0.1, 0.15) is 5.56 Å². The van der Waals surface area contributed by atoms with Gasteiger partial charge in [-0.1, -0.05) is 0 Å². The second-order valence-electron chi connectivity index (χ2n) is 3.64. The molecule has 0 unspecified atom stereocenters. The first kappa shape index (κ1) is 10.9. The van der Waals surface area contributed by atoms with Gasteiger partial charge in [0.25, 0.3) is 0 Å². The number of fused-ring (bicyclic) bond motifs is 1. The van der Waals surface area contributed by atoms with Crippen molar-refractivity contribution in [1.82, 2.24) is 15.2 Å². The summed E-state index contributed by atoms with van der Waals surface area (Å²) in [5.74, 6) is 0.562. The SMILES string of the molecule is FC1(F)OCc2cc(Nc3ncn[nH]3)ccc2O1. The predicted octanol–water partition coefficient (Wildman–Crippen LogP) is 2.01. The van der Waals surface area contributed by atoms with Crippen LogP contribution in [0.15, 0.2) is 24.5 Å². The molecule has 0 spiro atoms. The highest BCUT2D eigenvalue weighted by atomic mass is 19.3. The summed E-state index contributed by atoms with van der Waals surface area (Å²) in [5.41, 5.74) is 1.20. The molecule has 0 bridgehead atoms. The zero-order valence-electron chi connectivity index (χ0n) is 8.98. The van der Waals surface area contributed by atoms with Gasteiger partial charge in [0.15, 0.2) is 0 Å². The van der Waals surface area contributed by atoms with Crippen LogP contribution in [0, 0.1) is 0 Å². The molecule has 0 radical (unpaired) electrons. The van der Waals surface area contributed by atoms with Gasteiger partial charge in [0.1, 0.15) is 12.1 Å². The Morgan fingerprint density at radius 1 is 1.39 bits per heavy atom. The maximum atomic E-state index is 12.8. The lowest BCUT2D eigenvalue weighted by molar-refractivity contribution is -0.368. The molecular weight excluding hydrogens is 246 g/mol. The zero-order chi connectivity index (χ0) is 12.6. The van der Waals surface area contributed by atoms with E-state index in [-0.39, 0.29) is 12.4 Å². The Labute approximate surface area is 99.9 Å². The molecule has 0 atom stereocenters. The van der Waals surface area contributed by atoms with Crippen LogP contribution < -0.4 is 10.1 Å². The highest BCUT2D eigenvalue weighted by Crippen LogP contribution is 2.34. The van der Waals surface area contributed by atoms with Gasteiger partial charge in [0.05, 0.1) is 6.61 Å². The largest absolute Gasteiger partial charge is 0.535 e. The summed E-state index contributed by atoms with van der Waals surface area (Å²) >= 11 is 0. The predicted molar refractivity (Wildman–Crippen MR) is 56.5 cm³/mol. The van der Waals surface area contributed by atoms with Gasteiger partial charge in [-0.05, 0) is 18.2 Å². The first-order valence-electron chi connectivity index (χ1n) is 5.08. The highest BCUT2D eigenvalue weighted by molar-refractivity contribution is 5.57. The Balaban J connectivity index is 1.84. The molecule has 18 heavy (non-hydrogen) atoms. The van der Waals surface area contributed by atoms with Crippen molar-refractivity contribution in [2.75, 3.05) is 5.32 Å². The maximum Gasteiger partial charge on any atom is 0.535 e. The van der Waals surface area contributed by atoms with E-state index in [4.69, 9.17) is 0 Å². The molecule has 0 saturated heterocycles. The Hall–Kier alpha value is -2.22. The fourth-order valence-corrected chi connectivity index (χ4v) is 1.59. The number of H-pyrrole nitrogens is 1. The van der Waals surface area contributed by atoms with Crippen molar-refractivity contribution in [3.63, 3.8) is 0 Å². The molecule has 0 amide bonds. The Bertz CT molecular complexity index is 559. The fourth-order valence-electron chi connectivity index (χ4n) is 1.59. The van der Waals surface area contributed by atoms with Crippen molar-refractivity contribution in [3.8, 4) is 5.75 Å². The van der Waals surface area contributed by atoms with E-state index in [1.807, 2.05) is 0 Å². The summed E-state index contributed by atoms with van der Waals surface area (Å²) < 4.78 is 34.3. The van der Waals surface area contributed by atoms with Gasteiger partial charge in [0, 0.05) is 11.3 Å². The summed E-state index contributed by atoms with van der Waals surface area (Å²) in [7, 11) is 0. The first-order chi connectivity index (χ1) is 8.62. The lowest BCUT2D eigenvalue weighted by atomic mass is 10.2. The van der Waals surface area contributed by atoms with E-state index in [0.717, 1.165) is 0 Å². The van der Waals surface area contributed by atoms with E-state index in [9.17, 15) is 8.78 Å². The van der Waals surface area contributed by atoms with Crippen molar-refractivity contribution < 1.29 is 18.3 Å². The third kappa shape index (κ3) is 2.09. The third-order valence-corrected chi connectivity index (χ3v) is 2.36. The molecule has 1 aromatic carbocycles.